The van der Waals surface area contributed by atoms with Gasteiger partial charge in [0.15, 0.2) is 11.0 Å². The van der Waals surface area contributed by atoms with E-state index in [0.29, 0.717) is 11.0 Å². The van der Waals surface area contributed by atoms with E-state index in [0.717, 1.165) is 30.7 Å². The van der Waals surface area contributed by atoms with Crippen molar-refractivity contribution in [2.24, 2.45) is 7.05 Å². The lowest BCUT2D eigenvalue weighted by Gasteiger charge is -2.40. The molecule has 1 aliphatic rings. The van der Waals surface area contributed by atoms with Crippen molar-refractivity contribution in [1.29, 1.82) is 0 Å². The van der Waals surface area contributed by atoms with Crippen molar-refractivity contribution < 1.29 is 4.79 Å². The Balaban J connectivity index is 1.46. The molecule has 25 heavy (non-hydrogen) atoms. The number of hydrogen-bond donors (Lipinski definition) is 2. The van der Waals surface area contributed by atoms with E-state index < -0.39 is 5.54 Å². The first-order valence-corrected chi connectivity index (χ1v) is 8.85. The third kappa shape index (κ3) is 2.98. The summed E-state index contributed by atoms with van der Waals surface area (Å²) in [5.41, 5.74) is 1.20. The number of urea groups is 1. The molecule has 2 amide bonds. The Morgan fingerprint density at radius 2 is 2.08 bits per heavy atom. The summed E-state index contributed by atoms with van der Waals surface area (Å²) >= 11 is 1.38. The third-order valence-corrected chi connectivity index (χ3v) is 5.12. The number of nitrogens with zero attached hydrogens (tertiary/aromatic N) is 5. The van der Waals surface area contributed by atoms with Crippen LogP contribution in [0, 0.1) is 0 Å². The molecular weight excluding hydrogens is 338 g/mol. The summed E-state index contributed by atoms with van der Waals surface area (Å²) in [5, 5.41) is 12.4. The monoisotopic (exact) mass is 355 g/mol. The maximum absolute atomic E-state index is 12.4. The molecule has 0 radical (unpaired) electrons. The van der Waals surface area contributed by atoms with Gasteiger partial charge in [0.25, 0.3) is 0 Å². The molecule has 1 saturated carbocycles. The summed E-state index contributed by atoms with van der Waals surface area (Å²) in [6.07, 6.45) is 7.83. The van der Waals surface area contributed by atoms with E-state index in [1.54, 1.807) is 29.3 Å². The summed E-state index contributed by atoms with van der Waals surface area (Å²) < 4.78 is 1.75. The standard InChI is InChI=1S/C16H17N7OS/c1-23-12(4-9-19-23)11-10-25-15(20-11)21-14(24)22-16(5-2-6-16)13-17-7-3-8-18-13/h3-4,7-10H,2,5-6H2,1H3,(H2,20,21,22,24). The number of carbonyl (C=O) groups is 1. The molecule has 1 fully saturated rings. The van der Waals surface area contributed by atoms with Crippen LogP contribution in [0.4, 0.5) is 9.93 Å². The molecule has 0 atom stereocenters. The normalized spacial score (nSPS) is 15.4. The molecule has 1 aliphatic carbocycles. The van der Waals surface area contributed by atoms with Crippen molar-refractivity contribution in [3.63, 3.8) is 0 Å². The number of anilines is 1. The smallest absolute Gasteiger partial charge is 0.321 e. The quantitative estimate of drug-likeness (QED) is 0.749. The Morgan fingerprint density at radius 3 is 2.72 bits per heavy atom. The van der Waals surface area contributed by atoms with Gasteiger partial charge in [-0.25, -0.2) is 19.7 Å². The Morgan fingerprint density at radius 1 is 1.28 bits per heavy atom. The highest BCUT2D eigenvalue weighted by atomic mass is 32.1. The zero-order valence-corrected chi connectivity index (χ0v) is 14.5. The molecule has 8 nitrogen and oxygen atoms in total. The van der Waals surface area contributed by atoms with E-state index in [9.17, 15) is 4.79 Å². The second-order valence-electron chi connectivity index (χ2n) is 5.97. The number of aryl methyl sites for hydroxylation is 1. The minimum atomic E-state index is -0.479. The van der Waals surface area contributed by atoms with Crippen LogP contribution in [-0.2, 0) is 12.6 Å². The first-order valence-electron chi connectivity index (χ1n) is 7.97. The van der Waals surface area contributed by atoms with Crippen LogP contribution < -0.4 is 10.6 Å². The zero-order valence-electron chi connectivity index (χ0n) is 13.6. The van der Waals surface area contributed by atoms with E-state index in [1.807, 2.05) is 18.5 Å². The van der Waals surface area contributed by atoms with Gasteiger partial charge in [0.1, 0.15) is 11.2 Å². The van der Waals surface area contributed by atoms with E-state index >= 15 is 0 Å². The minimum absolute atomic E-state index is 0.293. The summed E-state index contributed by atoms with van der Waals surface area (Å²) in [5.74, 6) is 0.658. The van der Waals surface area contributed by atoms with Crippen molar-refractivity contribution in [1.82, 2.24) is 30.0 Å². The second-order valence-corrected chi connectivity index (χ2v) is 6.82. The molecule has 128 valence electrons. The number of amides is 2. The molecule has 0 aliphatic heterocycles. The molecular formula is C16H17N7OS. The van der Waals surface area contributed by atoms with Gasteiger partial charge in [-0.3, -0.25) is 10.00 Å². The molecule has 0 unspecified atom stereocenters. The summed E-state index contributed by atoms with van der Waals surface area (Å²) in [6, 6.07) is 3.36. The summed E-state index contributed by atoms with van der Waals surface area (Å²) in [7, 11) is 1.86. The van der Waals surface area contributed by atoms with Crippen LogP contribution in [0.1, 0.15) is 25.1 Å². The predicted molar refractivity (Wildman–Crippen MR) is 94.0 cm³/mol. The number of hydrogen-bond acceptors (Lipinski definition) is 6. The Hall–Kier alpha value is -2.81. The average Bonchev–Trinajstić information content (AvgIpc) is 3.20. The van der Waals surface area contributed by atoms with Crippen LogP contribution in [0.25, 0.3) is 11.4 Å². The fourth-order valence-corrected chi connectivity index (χ4v) is 3.60. The van der Waals surface area contributed by atoms with Crippen LogP contribution in [-0.4, -0.2) is 30.8 Å². The Bertz CT molecular complexity index is 885. The van der Waals surface area contributed by atoms with Gasteiger partial charge in [0, 0.05) is 31.0 Å². The lowest BCUT2D eigenvalue weighted by atomic mass is 9.76. The molecule has 0 spiro atoms. The maximum atomic E-state index is 12.4. The molecule has 0 bridgehead atoms. The van der Waals surface area contributed by atoms with Gasteiger partial charge >= 0.3 is 6.03 Å². The van der Waals surface area contributed by atoms with E-state index in [2.05, 4.69) is 30.7 Å². The van der Waals surface area contributed by atoms with Crippen LogP contribution in [0.3, 0.4) is 0 Å². The van der Waals surface area contributed by atoms with E-state index in [1.165, 1.54) is 11.3 Å². The average molecular weight is 355 g/mol. The molecule has 4 rings (SSSR count). The number of aromatic nitrogens is 5. The number of nitrogens with one attached hydrogen (secondary N) is 2. The summed E-state index contributed by atoms with van der Waals surface area (Å²) in [4.78, 5) is 25.5. The van der Waals surface area contributed by atoms with Crippen LogP contribution in [0.5, 0.6) is 0 Å². The third-order valence-electron chi connectivity index (χ3n) is 4.36. The highest BCUT2D eigenvalue weighted by Gasteiger charge is 2.42. The van der Waals surface area contributed by atoms with Crippen molar-refractivity contribution in [3.8, 4) is 11.4 Å². The number of rotatable bonds is 4. The van der Waals surface area contributed by atoms with Crippen molar-refractivity contribution in [2.75, 3.05) is 5.32 Å². The van der Waals surface area contributed by atoms with Crippen LogP contribution >= 0.6 is 11.3 Å². The molecule has 0 aromatic carbocycles. The second kappa shape index (κ2) is 6.25. The minimum Gasteiger partial charge on any atom is -0.325 e. The van der Waals surface area contributed by atoms with Crippen molar-refractivity contribution in [3.05, 3.63) is 41.9 Å². The van der Waals surface area contributed by atoms with Gasteiger partial charge in [-0.05, 0) is 31.4 Å². The fourth-order valence-electron chi connectivity index (χ4n) is 2.90. The predicted octanol–water partition coefficient (Wildman–Crippen LogP) is 2.53. The van der Waals surface area contributed by atoms with Gasteiger partial charge in [-0.1, -0.05) is 0 Å². The number of thiazole rings is 1. The largest absolute Gasteiger partial charge is 0.325 e. The first kappa shape index (κ1) is 15.7. The molecule has 3 aromatic heterocycles. The van der Waals surface area contributed by atoms with Crippen LogP contribution in [0.15, 0.2) is 36.1 Å². The number of carbonyl (C=O) groups excluding carboxylic acids is 1. The first-order chi connectivity index (χ1) is 12.2. The zero-order chi connectivity index (χ0) is 17.3. The van der Waals surface area contributed by atoms with Gasteiger partial charge in [0.2, 0.25) is 0 Å². The van der Waals surface area contributed by atoms with E-state index in [4.69, 9.17) is 0 Å². The highest BCUT2D eigenvalue weighted by Crippen LogP contribution is 2.39. The maximum Gasteiger partial charge on any atom is 0.321 e. The van der Waals surface area contributed by atoms with Crippen molar-refractivity contribution >= 4 is 22.5 Å². The van der Waals surface area contributed by atoms with E-state index in [-0.39, 0.29) is 6.03 Å². The lowest BCUT2D eigenvalue weighted by Crippen LogP contribution is -2.53. The molecule has 0 saturated heterocycles. The molecule has 9 heteroatoms. The lowest BCUT2D eigenvalue weighted by molar-refractivity contribution is 0.175. The fraction of sp³-hybridized carbons (Fsp3) is 0.312. The van der Waals surface area contributed by atoms with Gasteiger partial charge in [-0.15, -0.1) is 11.3 Å². The molecule has 2 N–H and O–H groups in total. The van der Waals surface area contributed by atoms with Gasteiger partial charge < -0.3 is 5.32 Å². The van der Waals surface area contributed by atoms with Crippen LogP contribution in [0.2, 0.25) is 0 Å². The topological polar surface area (TPSA) is 97.6 Å². The summed E-state index contributed by atoms with van der Waals surface area (Å²) in [6.45, 7) is 0. The Labute approximate surface area is 148 Å². The molecule has 3 aromatic rings. The van der Waals surface area contributed by atoms with Gasteiger partial charge in [-0.2, -0.15) is 5.10 Å². The molecule has 3 heterocycles. The highest BCUT2D eigenvalue weighted by molar-refractivity contribution is 7.14. The Kier molecular flexibility index (Phi) is 3.92. The van der Waals surface area contributed by atoms with Gasteiger partial charge in [0.05, 0.1) is 5.69 Å². The van der Waals surface area contributed by atoms with Crippen molar-refractivity contribution in [2.45, 2.75) is 24.8 Å². The SMILES string of the molecule is Cn1nccc1-c1csc(NC(=O)NC2(c3ncccn3)CCC2)n1.